The van der Waals surface area contributed by atoms with Crippen molar-refractivity contribution in [1.82, 2.24) is 9.80 Å². The fourth-order valence-corrected chi connectivity index (χ4v) is 2.35. The summed E-state index contributed by atoms with van der Waals surface area (Å²) in [5, 5.41) is 8.87. The number of hydrogen-bond donors (Lipinski definition) is 1. The van der Waals surface area contributed by atoms with Crippen molar-refractivity contribution in [3.05, 3.63) is 0 Å². The Labute approximate surface area is 118 Å². The zero-order chi connectivity index (χ0) is 15.1. The van der Waals surface area contributed by atoms with Crippen LogP contribution in [0.25, 0.3) is 0 Å². The molecule has 0 aliphatic carbocycles. The molecule has 1 unspecified atom stereocenters. The number of piperidine rings is 1. The number of methoxy groups -OCH3 is 1. The van der Waals surface area contributed by atoms with E-state index in [0.29, 0.717) is 26.1 Å². The molecule has 1 atom stereocenters. The van der Waals surface area contributed by atoms with Crippen LogP contribution in [0.4, 0.5) is 0 Å². The molecule has 7 heteroatoms. The summed E-state index contributed by atoms with van der Waals surface area (Å²) < 4.78 is 4.90. The standard InChI is InChI=1S/C13H22N2O5/c1-10(16)14-5-3-4-11(8-14)13(19)15(6-7-20-2)9-12(17)18/h11H,3-9H2,1-2H3,(H,17,18). The lowest BCUT2D eigenvalue weighted by molar-refractivity contribution is -0.148. The van der Waals surface area contributed by atoms with Gasteiger partial charge in [-0.15, -0.1) is 0 Å². The lowest BCUT2D eigenvalue weighted by Gasteiger charge is -2.34. The number of rotatable bonds is 6. The van der Waals surface area contributed by atoms with Gasteiger partial charge in [0.05, 0.1) is 12.5 Å². The van der Waals surface area contributed by atoms with E-state index >= 15 is 0 Å². The van der Waals surface area contributed by atoms with Gasteiger partial charge in [0.25, 0.3) is 0 Å². The van der Waals surface area contributed by atoms with Gasteiger partial charge in [0.2, 0.25) is 11.8 Å². The van der Waals surface area contributed by atoms with Crippen molar-refractivity contribution in [2.24, 2.45) is 5.92 Å². The minimum Gasteiger partial charge on any atom is -0.480 e. The molecule has 1 aliphatic heterocycles. The Kier molecular flexibility index (Phi) is 6.44. The molecule has 1 N–H and O–H groups in total. The summed E-state index contributed by atoms with van der Waals surface area (Å²) >= 11 is 0. The molecule has 0 saturated carbocycles. The molecule has 114 valence electrons. The number of nitrogens with zero attached hydrogens (tertiary/aromatic N) is 2. The van der Waals surface area contributed by atoms with E-state index in [9.17, 15) is 14.4 Å². The van der Waals surface area contributed by atoms with E-state index in [1.807, 2.05) is 0 Å². The van der Waals surface area contributed by atoms with Crippen LogP contribution in [-0.2, 0) is 19.1 Å². The Balaban J connectivity index is 2.67. The summed E-state index contributed by atoms with van der Waals surface area (Å²) in [5.41, 5.74) is 0. The first-order valence-corrected chi connectivity index (χ1v) is 6.70. The highest BCUT2D eigenvalue weighted by Crippen LogP contribution is 2.19. The van der Waals surface area contributed by atoms with Gasteiger partial charge in [-0.1, -0.05) is 0 Å². The van der Waals surface area contributed by atoms with Crippen LogP contribution >= 0.6 is 0 Å². The first kappa shape index (κ1) is 16.4. The molecule has 1 rings (SSSR count). The summed E-state index contributed by atoms with van der Waals surface area (Å²) in [5.74, 6) is -1.63. The zero-order valence-electron chi connectivity index (χ0n) is 12.0. The van der Waals surface area contributed by atoms with Crippen LogP contribution in [0.1, 0.15) is 19.8 Å². The normalized spacial score (nSPS) is 18.7. The maximum atomic E-state index is 12.4. The highest BCUT2D eigenvalue weighted by molar-refractivity contribution is 5.84. The molecule has 0 aromatic rings. The number of amides is 2. The molecule has 1 fully saturated rings. The van der Waals surface area contributed by atoms with E-state index in [-0.39, 0.29) is 30.8 Å². The molecule has 1 heterocycles. The Bertz CT molecular complexity index is 372. The van der Waals surface area contributed by atoms with Gasteiger partial charge < -0.3 is 19.6 Å². The highest BCUT2D eigenvalue weighted by Gasteiger charge is 2.30. The monoisotopic (exact) mass is 286 g/mol. The third-order valence-electron chi connectivity index (χ3n) is 3.42. The summed E-state index contributed by atoms with van der Waals surface area (Å²) in [7, 11) is 1.50. The van der Waals surface area contributed by atoms with E-state index < -0.39 is 5.97 Å². The van der Waals surface area contributed by atoms with Gasteiger partial charge in [0.15, 0.2) is 0 Å². The van der Waals surface area contributed by atoms with E-state index in [0.717, 1.165) is 6.42 Å². The minimum atomic E-state index is -1.05. The summed E-state index contributed by atoms with van der Waals surface area (Å²) in [6.45, 7) is 2.72. The van der Waals surface area contributed by atoms with Gasteiger partial charge >= 0.3 is 5.97 Å². The van der Waals surface area contributed by atoms with Crippen molar-refractivity contribution < 1.29 is 24.2 Å². The van der Waals surface area contributed by atoms with E-state index in [1.54, 1.807) is 4.90 Å². The zero-order valence-corrected chi connectivity index (χ0v) is 12.0. The molecular formula is C13H22N2O5. The molecule has 7 nitrogen and oxygen atoms in total. The smallest absolute Gasteiger partial charge is 0.323 e. The van der Waals surface area contributed by atoms with Crippen LogP contribution in [-0.4, -0.2) is 72.6 Å². The number of carbonyl (C=O) groups excluding carboxylic acids is 2. The minimum absolute atomic E-state index is 0.0517. The Morgan fingerprint density at radius 3 is 2.65 bits per heavy atom. The van der Waals surface area contributed by atoms with Gasteiger partial charge in [0, 0.05) is 33.7 Å². The van der Waals surface area contributed by atoms with Crippen LogP contribution in [0, 0.1) is 5.92 Å². The van der Waals surface area contributed by atoms with Gasteiger partial charge in [-0.05, 0) is 12.8 Å². The van der Waals surface area contributed by atoms with Gasteiger partial charge in [-0.25, -0.2) is 0 Å². The van der Waals surface area contributed by atoms with Crippen molar-refractivity contribution in [2.75, 3.05) is 39.9 Å². The second-order valence-electron chi connectivity index (χ2n) is 4.95. The number of ether oxygens (including phenoxy) is 1. The lowest BCUT2D eigenvalue weighted by Crippen LogP contribution is -2.48. The second kappa shape index (κ2) is 7.84. The average molecular weight is 286 g/mol. The number of aliphatic carboxylic acids is 1. The van der Waals surface area contributed by atoms with Crippen LogP contribution in [0.5, 0.6) is 0 Å². The third kappa shape index (κ3) is 4.80. The van der Waals surface area contributed by atoms with Crippen LogP contribution < -0.4 is 0 Å². The molecule has 0 bridgehead atoms. The first-order chi connectivity index (χ1) is 9.45. The Morgan fingerprint density at radius 1 is 1.40 bits per heavy atom. The average Bonchev–Trinajstić information content (AvgIpc) is 2.42. The van der Waals surface area contributed by atoms with E-state index in [1.165, 1.54) is 18.9 Å². The second-order valence-corrected chi connectivity index (χ2v) is 4.95. The molecule has 1 saturated heterocycles. The summed E-state index contributed by atoms with van der Waals surface area (Å²) in [4.78, 5) is 37.5. The molecule has 0 radical (unpaired) electrons. The largest absolute Gasteiger partial charge is 0.480 e. The fourth-order valence-electron chi connectivity index (χ4n) is 2.35. The van der Waals surface area contributed by atoms with Crippen molar-refractivity contribution in [3.63, 3.8) is 0 Å². The summed E-state index contributed by atoms with van der Waals surface area (Å²) in [6, 6.07) is 0. The molecule has 20 heavy (non-hydrogen) atoms. The van der Waals surface area contributed by atoms with Crippen molar-refractivity contribution in [1.29, 1.82) is 0 Å². The van der Waals surface area contributed by atoms with Gasteiger partial charge in [-0.2, -0.15) is 0 Å². The van der Waals surface area contributed by atoms with Crippen molar-refractivity contribution in [3.8, 4) is 0 Å². The predicted octanol–water partition coefficient (Wildman–Crippen LogP) is -0.195. The lowest BCUT2D eigenvalue weighted by atomic mass is 9.96. The van der Waals surface area contributed by atoms with Gasteiger partial charge in [0.1, 0.15) is 6.54 Å². The summed E-state index contributed by atoms with van der Waals surface area (Å²) in [6.07, 6.45) is 1.45. The number of carbonyl (C=O) groups is 3. The van der Waals surface area contributed by atoms with E-state index in [4.69, 9.17) is 9.84 Å². The number of carboxylic acid groups (broad SMARTS) is 1. The molecule has 1 aliphatic rings. The third-order valence-corrected chi connectivity index (χ3v) is 3.42. The van der Waals surface area contributed by atoms with E-state index in [2.05, 4.69) is 0 Å². The molecule has 0 aromatic carbocycles. The fraction of sp³-hybridized carbons (Fsp3) is 0.769. The molecule has 0 aromatic heterocycles. The Hall–Kier alpha value is -1.63. The SMILES string of the molecule is COCCN(CC(=O)O)C(=O)C1CCCN(C(C)=O)C1. The number of carboxylic acids is 1. The molecular weight excluding hydrogens is 264 g/mol. The number of hydrogen-bond acceptors (Lipinski definition) is 4. The van der Waals surface area contributed by atoms with Crippen LogP contribution in [0.2, 0.25) is 0 Å². The molecule has 0 spiro atoms. The highest BCUT2D eigenvalue weighted by atomic mass is 16.5. The van der Waals surface area contributed by atoms with Crippen LogP contribution in [0.15, 0.2) is 0 Å². The van der Waals surface area contributed by atoms with Crippen molar-refractivity contribution in [2.45, 2.75) is 19.8 Å². The maximum absolute atomic E-state index is 12.4. The number of likely N-dealkylation sites (tertiary alicyclic amines) is 1. The first-order valence-electron chi connectivity index (χ1n) is 6.70. The maximum Gasteiger partial charge on any atom is 0.323 e. The quantitative estimate of drug-likeness (QED) is 0.731. The molecule has 2 amide bonds. The van der Waals surface area contributed by atoms with Crippen LogP contribution in [0.3, 0.4) is 0 Å². The van der Waals surface area contributed by atoms with Crippen molar-refractivity contribution >= 4 is 17.8 Å². The Morgan fingerprint density at radius 2 is 2.10 bits per heavy atom. The predicted molar refractivity (Wildman–Crippen MR) is 71.1 cm³/mol. The topological polar surface area (TPSA) is 87.2 Å². The van der Waals surface area contributed by atoms with Gasteiger partial charge in [-0.3, -0.25) is 14.4 Å².